The van der Waals surface area contributed by atoms with Gasteiger partial charge in [0.15, 0.2) is 5.82 Å². The number of rotatable bonds is 3. The van der Waals surface area contributed by atoms with Gasteiger partial charge in [0.1, 0.15) is 0 Å². The molecule has 5 heteroatoms. The highest BCUT2D eigenvalue weighted by Gasteiger charge is 2.30. The van der Waals surface area contributed by atoms with Crippen LogP contribution in [0.4, 0.5) is 0 Å². The van der Waals surface area contributed by atoms with E-state index >= 15 is 0 Å². The molecule has 21 heavy (non-hydrogen) atoms. The van der Waals surface area contributed by atoms with Crippen LogP contribution in [-0.4, -0.2) is 9.55 Å². The van der Waals surface area contributed by atoms with Crippen molar-refractivity contribution in [1.82, 2.24) is 9.55 Å². The van der Waals surface area contributed by atoms with E-state index in [1.165, 1.54) is 18.4 Å². The van der Waals surface area contributed by atoms with Crippen LogP contribution < -0.4 is 5.73 Å². The maximum Gasteiger partial charge on any atom is 0.153 e. The monoisotopic (exact) mass is 317 g/mol. The number of nitrogens with zero attached hydrogens (tertiary/aromatic N) is 2. The lowest BCUT2D eigenvalue weighted by Crippen LogP contribution is -1.97. The summed E-state index contributed by atoms with van der Waals surface area (Å²) in [5, 5.41) is 2.93. The first kappa shape index (κ1) is 13.3. The molecule has 0 aliphatic heterocycles. The summed E-state index contributed by atoms with van der Waals surface area (Å²) in [6, 6.07) is 6.88. The van der Waals surface area contributed by atoms with Crippen LogP contribution in [0.3, 0.4) is 0 Å². The van der Waals surface area contributed by atoms with Gasteiger partial charge in [-0.25, -0.2) is 4.98 Å². The molecule has 1 aliphatic rings. The van der Waals surface area contributed by atoms with Crippen LogP contribution in [0.15, 0.2) is 23.6 Å². The molecule has 1 fully saturated rings. The number of thiophene rings is 1. The van der Waals surface area contributed by atoms with Crippen molar-refractivity contribution >= 4 is 34.0 Å². The van der Waals surface area contributed by atoms with E-state index in [-0.39, 0.29) is 0 Å². The van der Waals surface area contributed by atoms with E-state index < -0.39 is 0 Å². The number of aryl methyl sites for hydroxylation is 1. The number of hydrogen-bond donors (Lipinski definition) is 1. The second-order valence-electron chi connectivity index (χ2n) is 5.63. The lowest BCUT2D eigenvalue weighted by atomic mass is 10.2. The largest absolute Gasteiger partial charge is 0.326 e. The molecule has 0 unspecified atom stereocenters. The average molecular weight is 318 g/mol. The van der Waals surface area contributed by atoms with Crippen LogP contribution >= 0.6 is 22.9 Å². The van der Waals surface area contributed by atoms with Gasteiger partial charge in [-0.2, -0.15) is 0 Å². The minimum atomic E-state index is 0.542. The molecule has 1 aliphatic carbocycles. The van der Waals surface area contributed by atoms with Gasteiger partial charge >= 0.3 is 0 Å². The van der Waals surface area contributed by atoms with Crippen LogP contribution in [0.1, 0.15) is 30.0 Å². The summed E-state index contributed by atoms with van der Waals surface area (Å²) < 4.78 is 2.35. The fraction of sp³-hybridized carbons (Fsp3) is 0.312. The van der Waals surface area contributed by atoms with Crippen LogP contribution in [0.25, 0.3) is 21.7 Å². The lowest BCUT2D eigenvalue weighted by molar-refractivity contribution is 0.776. The Morgan fingerprint density at radius 3 is 2.86 bits per heavy atom. The molecule has 0 saturated heterocycles. The van der Waals surface area contributed by atoms with Crippen molar-refractivity contribution in [3.63, 3.8) is 0 Å². The van der Waals surface area contributed by atoms with Crippen LogP contribution in [-0.2, 0) is 6.54 Å². The fourth-order valence-corrected chi connectivity index (χ4v) is 3.98. The highest BCUT2D eigenvalue weighted by atomic mass is 35.5. The smallest absolute Gasteiger partial charge is 0.153 e. The summed E-state index contributed by atoms with van der Waals surface area (Å²) in [5.41, 5.74) is 10.2. The van der Waals surface area contributed by atoms with Crippen molar-refractivity contribution in [2.75, 3.05) is 0 Å². The zero-order chi connectivity index (χ0) is 14.6. The molecule has 108 valence electrons. The molecular formula is C16H16ClN3S. The Balaban J connectivity index is 1.99. The maximum absolute atomic E-state index is 6.46. The van der Waals surface area contributed by atoms with E-state index in [0.717, 1.165) is 32.4 Å². The molecule has 1 aromatic carbocycles. The van der Waals surface area contributed by atoms with Crippen molar-refractivity contribution in [2.45, 2.75) is 32.4 Å². The number of nitrogens with two attached hydrogens (primary N) is 1. The van der Waals surface area contributed by atoms with Gasteiger partial charge in [-0.1, -0.05) is 17.7 Å². The van der Waals surface area contributed by atoms with E-state index in [1.807, 2.05) is 6.92 Å². The third-order valence-corrected chi connectivity index (χ3v) is 5.70. The second-order valence-corrected chi connectivity index (χ2v) is 6.88. The zero-order valence-corrected chi connectivity index (χ0v) is 13.3. The molecule has 0 amide bonds. The summed E-state index contributed by atoms with van der Waals surface area (Å²) >= 11 is 8.14. The molecule has 2 aromatic heterocycles. The third-order valence-electron chi connectivity index (χ3n) is 4.00. The van der Waals surface area contributed by atoms with Gasteiger partial charge in [-0.15, -0.1) is 11.3 Å². The van der Waals surface area contributed by atoms with Crippen LogP contribution in [0.5, 0.6) is 0 Å². The molecule has 2 N–H and O–H groups in total. The highest BCUT2D eigenvalue weighted by Crippen LogP contribution is 2.44. The zero-order valence-electron chi connectivity index (χ0n) is 11.8. The molecule has 3 aromatic rings. The Morgan fingerprint density at radius 2 is 2.24 bits per heavy atom. The number of imidazole rings is 1. The number of aromatic nitrogens is 2. The highest BCUT2D eigenvalue weighted by molar-refractivity contribution is 7.14. The fourth-order valence-electron chi connectivity index (χ4n) is 2.71. The van der Waals surface area contributed by atoms with Crippen molar-refractivity contribution < 1.29 is 0 Å². The minimum Gasteiger partial charge on any atom is -0.326 e. The summed E-state index contributed by atoms with van der Waals surface area (Å²) in [5.74, 6) is 1.00. The molecule has 2 heterocycles. The SMILES string of the molecule is Cc1csc(-c2nc3cc(CN)ccc3n2C2CC2)c1Cl. The van der Waals surface area contributed by atoms with E-state index in [4.69, 9.17) is 22.3 Å². The number of benzene rings is 1. The maximum atomic E-state index is 6.46. The Morgan fingerprint density at radius 1 is 1.43 bits per heavy atom. The summed E-state index contributed by atoms with van der Waals surface area (Å²) in [7, 11) is 0. The molecule has 3 nitrogen and oxygen atoms in total. The summed E-state index contributed by atoms with van der Waals surface area (Å²) in [6.07, 6.45) is 2.44. The molecular weight excluding hydrogens is 302 g/mol. The van der Waals surface area contributed by atoms with Gasteiger partial charge in [0.05, 0.1) is 20.9 Å². The molecule has 0 spiro atoms. The molecule has 4 rings (SSSR count). The van der Waals surface area contributed by atoms with E-state index in [2.05, 4.69) is 28.1 Å². The Kier molecular flexibility index (Phi) is 3.06. The second kappa shape index (κ2) is 4.83. The number of halogens is 1. The van der Waals surface area contributed by atoms with E-state index in [0.29, 0.717) is 12.6 Å². The first-order valence-electron chi connectivity index (χ1n) is 7.14. The first-order valence-corrected chi connectivity index (χ1v) is 8.39. The third kappa shape index (κ3) is 2.09. The number of fused-ring (bicyclic) bond motifs is 1. The van der Waals surface area contributed by atoms with Crippen molar-refractivity contribution in [3.05, 3.63) is 39.7 Å². The topological polar surface area (TPSA) is 43.8 Å². The predicted molar refractivity (Wildman–Crippen MR) is 89.0 cm³/mol. The molecule has 0 bridgehead atoms. The summed E-state index contributed by atoms with van der Waals surface area (Å²) in [4.78, 5) is 5.94. The van der Waals surface area contributed by atoms with E-state index in [1.54, 1.807) is 11.3 Å². The van der Waals surface area contributed by atoms with E-state index in [9.17, 15) is 0 Å². The van der Waals surface area contributed by atoms with Crippen molar-refractivity contribution in [2.24, 2.45) is 5.73 Å². The van der Waals surface area contributed by atoms with Crippen LogP contribution in [0.2, 0.25) is 5.02 Å². The normalized spacial score (nSPS) is 15.0. The van der Waals surface area contributed by atoms with Gasteiger partial charge < -0.3 is 10.3 Å². The predicted octanol–water partition coefficient (Wildman–Crippen LogP) is 4.52. The molecule has 1 saturated carbocycles. The Labute approximate surface area is 132 Å². The summed E-state index contributed by atoms with van der Waals surface area (Å²) in [6.45, 7) is 2.58. The van der Waals surface area contributed by atoms with Gasteiger partial charge in [-0.05, 0) is 48.4 Å². The lowest BCUT2D eigenvalue weighted by Gasteiger charge is -2.07. The molecule has 0 radical (unpaired) electrons. The Hall–Kier alpha value is -1.36. The van der Waals surface area contributed by atoms with Gasteiger partial charge in [0.25, 0.3) is 0 Å². The van der Waals surface area contributed by atoms with Crippen molar-refractivity contribution in [3.8, 4) is 10.7 Å². The number of hydrogen-bond acceptors (Lipinski definition) is 3. The Bertz CT molecular complexity index is 830. The standard InChI is InChI=1S/C16H16ClN3S/c1-9-8-21-15(14(9)17)16-19-12-6-10(7-18)2-5-13(12)20(16)11-3-4-11/h2,5-6,8,11H,3-4,7,18H2,1H3. The van der Waals surface area contributed by atoms with Gasteiger partial charge in [0.2, 0.25) is 0 Å². The van der Waals surface area contributed by atoms with Gasteiger partial charge in [0, 0.05) is 12.6 Å². The quantitative estimate of drug-likeness (QED) is 0.771. The first-order chi connectivity index (χ1) is 10.2. The van der Waals surface area contributed by atoms with Crippen LogP contribution in [0, 0.1) is 6.92 Å². The van der Waals surface area contributed by atoms with Gasteiger partial charge in [-0.3, -0.25) is 0 Å². The average Bonchev–Trinajstić information content (AvgIpc) is 3.19. The minimum absolute atomic E-state index is 0.542. The molecule has 0 atom stereocenters. The van der Waals surface area contributed by atoms with Crippen molar-refractivity contribution in [1.29, 1.82) is 0 Å².